The molecule has 1 aliphatic heterocycles. The zero-order valence-electron chi connectivity index (χ0n) is 15.5. The first kappa shape index (κ1) is 17.7. The SMILES string of the molecule is COc1ccc(C2=C(C)OC(c3ccccc3)(c3ccccc3)CS2)cc1. The van der Waals surface area contributed by atoms with E-state index in [0.717, 1.165) is 22.8 Å². The second-order valence-electron chi connectivity index (χ2n) is 6.56. The van der Waals surface area contributed by atoms with Crippen LogP contribution in [0.1, 0.15) is 23.6 Å². The number of allylic oxidation sites excluding steroid dienone is 1. The molecule has 0 unspecified atom stereocenters. The highest BCUT2D eigenvalue weighted by Crippen LogP contribution is 2.48. The highest BCUT2D eigenvalue weighted by Gasteiger charge is 2.40. The Morgan fingerprint density at radius 1 is 0.815 bits per heavy atom. The third-order valence-electron chi connectivity index (χ3n) is 4.90. The van der Waals surface area contributed by atoms with Gasteiger partial charge in [0.25, 0.3) is 0 Å². The van der Waals surface area contributed by atoms with Crippen LogP contribution in [0.4, 0.5) is 0 Å². The lowest BCUT2D eigenvalue weighted by Gasteiger charge is -2.39. The van der Waals surface area contributed by atoms with Crippen molar-refractivity contribution in [2.75, 3.05) is 12.9 Å². The Morgan fingerprint density at radius 3 is 1.85 bits per heavy atom. The van der Waals surface area contributed by atoms with Crippen LogP contribution in [-0.4, -0.2) is 12.9 Å². The Balaban J connectivity index is 1.76. The first-order chi connectivity index (χ1) is 13.2. The molecule has 0 amide bonds. The predicted molar refractivity (Wildman–Crippen MR) is 113 cm³/mol. The Hall–Kier alpha value is -2.65. The maximum absolute atomic E-state index is 6.70. The summed E-state index contributed by atoms with van der Waals surface area (Å²) < 4.78 is 12.0. The molecule has 0 aliphatic carbocycles. The van der Waals surface area contributed by atoms with Gasteiger partial charge in [0.2, 0.25) is 0 Å². The van der Waals surface area contributed by atoms with Gasteiger partial charge in [0.05, 0.1) is 12.0 Å². The summed E-state index contributed by atoms with van der Waals surface area (Å²) in [4.78, 5) is 1.18. The van der Waals surface area contributed by atoms with Crippen molar-refractivity contribution in [1.82, 2.24) is 0 Å². The number of thioether (sulfide) groups is 1. The lowest BCUT2D eigenvalue weighted by atomic mass is 9.87. The maximum atomic E-state index is 6.70. The van der Waals surface area contributed by atoms with Crippen LogP contribution in [0.3, 0.4) is 0 Å². The molecule has 0 fully saturated rings. The Labute approximate surface area is 164 Å². The fourth-order valence-electron chi connectivity index (χ4n) is 3.51. The van der Waals surface area contributed by atoms with E-state index in [1.807, 2.05) is 36.0 Å². The van der Waals surface area contributed by atoms with Gasteiger partial charge >= 0.3 is 0 Å². The maximum Gasteiger partial charge on any atom is 0.168 e. The minimum atomic E-state index is -0.479. The monoisotopic (exact) mass is 374 g/mol. The molecule has 0 spiro atoms. The van der Waals surface area contributed by atoms with Crippen LogP contribution in [0, 0.1) is 0 Å². The molecule has 136 valence electrons. The van der Waals surface area contributed by atoms with Crippen LogP contribution in [0.25, 0.3) is 4.91 Å². The minimum Gasteiger partial charge on any atom is -0.497 e. The third-order valence-corrected chi connectivity index (χ3v) is 6.26. The summed E-state index contributed by atoms with van der Waals surface area (Å²) in [6.07, 6.45) is 0. The number of hydrogen-bond acceptors (Lipinski definition) is 3. The summed E-state index contributed by atoms with van der Waals surface area (Å²) in [5.74, 6) is 2.63. The normalized spacial score (nSPS) is 15.9. The van der Waals surface area contributed by atoms with Gasteiger partial charge in [-0.15, -0.1) is 11.8 Å². The number of ether oxygens (including phenoxy) is 2. The standard InChI is InChI=1S/C24H22O2S/c1-18-23(19-13-15-22(25-2)16-14-19)27-17-24(26-18,20-9-5-3-6-10-20)21-11-7-4-8-12-21/h3-16H,17H2,1-2H3. The summed E-state index contributed by atoms with van der Waals surface area (Å²) >= 11 is 1.85. The van der Waals surface area contributed by atoms with Crippen LogP contribution in [-0.2, 0) is 10.3 Å². The van der Waals surface area contributed by atoms with E-state index >= 15 is 0 Å². The molecular formula is C24H22O2S. The van der Waals surface area contributed by atoms with Crippen molar-refractivity contribution in [3.05, 3.63) is 107 Å². The fourth-order valence-corrected chi connectivity index (χ4v) is 4.80. The zero-order valence-corrected chi connectivity index (χ0v) is 16.3. The van der Waals surface area contributed by atoms with E-state index < -0.39 is 5.60 Å². The zero-order chi connectivity index (χ0) is 18.7. The Bertz CT molecular complexity index is 892. The lowest BCUT2D eigenvalue weighted by Crippen LogP contribution is -2.36. The highest BCUT2D eigenvalue weighted by atomic mass is 32.2. The third kappa shape index (κ3) is 3.35. The predicted octanol–water partition coefficient (Wildman–Crippen LogP) is 6.09. The van der Waals surface area contributed by atoms with E-state index in [9.17, 15) is 0 Å². The van der Waals surface area contributed by atoms with E-state index in [1.54, 1.807) is 7.11 Å². The van der Waals surface area contributed by atoms with Gasteiger partial charge in [0.1, 0.15) is 11.5 Å². The fraction of sp³-hybridized carbons (Fsp3) is 0.167. The van der Waals surface area contributed by atoms with Crippen LogP contribution < -0.4 is 4.74 Å². The summed E-state index contributed by atoms with van der Waals surface area (Å²) in [6, 6.07) is 29.2. The molecule has 0 radical (unpaired) electrons. The van der Waals surface area contributed by atoms with Crippen molar-refractivity contribution in [2.24, 2.45) is 0 Å². The molecule has 0 bridgehead atoms. The molecular weight excluding hydrogens is 352 g/mol. The van der Waals surface area contributed by atoms with Gasteiger partial charge in [-0.25, -0.2) is 0 Å². The number of benzene rings is 3. The van der Waals surface area contributed by atoms with Gasteiger partial charge in [0, 0.05) is 16.9 Å². The van der Waals surface area contributed by atoms with Gasteiger partial charge < -0.3 is 9.47 Å². The summed E-state index contributed by atoms with van der Waals surface area (Å²) in [5.41, 5.74) is 3.04. The van der Waals surface area contributed by atoms with E-state index in [4.69, 9.17) is 9.47 Å². The molecule has 2 nitrogen and oxygen atoms in total. The molecule has 4 rings (SSSR count). The quantitative estimate of drug-likeness (QED) is 0.550. The number of hydrogen-bond donors (Lipinski definition) is 0. The van der Waals surface area contributed by atoms with Crippen LogP contribution in [0.15, 0.2) is 90.7 Å². The average molecular weight is 375 g/mol. The van der Waals surface area contributed by atoms with Crippen molar-refractivity contribution < 1.29 is 9.47 Å². The first-order valence-corrected chi connectivity index (χ1v) is 10.00. The second kappa shape index (κ2) is 7.53. The highest BCUT2D eigenvalue weighted by molar-refractivity contribution is 8.08. The minimum absolute atomic E-state index is 0.479. The van der Waals surface area contributed by atoms with Crippen LogP contribution in [0.5, 0.6) is 5.75 Å². The van der Waals surface area contributed by atoms with Crippen molar-refractivity contribution in [2.45, 2.75) is 12.5 Å². The second-order valence-corrected chi connectivity index (χ2v) is 7.55. The molecule has 1 heterocycles. The summed E-state index contributed by atoms with van der Waals surface area (Å²) in [6.45, 7) is 2.06. The van der Waals surface area contributed by atoms with E-state index in [2.05, 4.69) is 67.6 Å². The van der Waals surface area contributed by atoms with Gasteiger partial charge in [-0.2, -0.15) is 0 Å². The molecule has 3 aromatic carbocycles. The molecule has 3 heteroatoms. The molecule has 0 aromatic heterocycles. The Kier molecular flexibility index (Phi) is 4.95. The van der Waals surface area contributed by atoms with Crippen molar-refractivity contribution >= 4 is 16.7 Å². The van der Waals surface area contributed by atoms with Gasteiger partial charge in [-0.1, -0.05) is 72.8 Å². The van der Waals surface area contributed by atoms with Crippen molar-refractivity contribution in [1.29, 1.82) is 0 Å². The van der Waals surface area contributed by atoms with Crippen molar-refractivity contribution in [3.63, 3.8) is 0 Å². The largest absolute Gasteiger partial charge is 0.497 e. The molecule has 0 saturated heterocycles. The summed E-state index contributed by atoms with van der Waals surface area (Å²) in [7, 11) is 1.69. The topological polar surface area (TPSA) is 18.5 Å². The van der Waals surface area contributed by atoms with Crippen LogP contribution in [0.2, 0.25) is 0 Å². The molecule has 0 saturated carbocycles. The lowest BCUT2D eigenvalue weighted by molar-refractivity contribution is 0.0569. The summed E-state index contributed by atoms with van der Waals surface area (Å²) in [5, 5.41) is 0. The van der Waals surface area contributed by atoms with Crippen molar-refractivity contribution in [3.8, 4) is 5.75 Å². The van der Waals surface area contributed by atoms with E-state index in [0.29, 0.717) is 0 Å². The smallest absolute Gasteiger partial charge is 0.168 e. The van der Waals surface area contributed by atoms with E-state index in [-0.39, 0.29) is 0 Å². The molecule has 0 atom stereocenters. The number of methoxy groups -OCH3 is 1. The first-order valence-electron chi connectivity index (χ1n) is 9.01. The average Bonchev–Trinajstić information content (AvgIpc) is 2.75. The van der Waals surface area contributed by atoms with Gasteiger partial charge in [-0.05, 0) is 24.6 Å². The van der Waals surface area contributed by atoms with E-state index in [1.165, 1.54) is 16.0 Å². The molecule has 3 aromatic rings. The molecule has 27 heavy (non-hydrogen) atoms. The van der Waals surface area contributed by atoms with Gasteiger partial charge in [0.15, 0.2) is 5.60 Å². The van der Waals surface area contributed by atoms with Crippen LogP contribution >= 0.6 is 11.8 Å². The number of rotatable bonds is 4. The van der Waals surface area contributed by atoms with Gasteiger partial charge in [-0.3, -0.25) is 0 Å². The molecule has 1 aliphatic rings. The Morgan fingerprint density at radius 2 is 1.37 bits per heavy atom. The molecule has 0 N–H and O–H groups in total.